The Morgan fingerprint density at radius 3 is 1.70 bits per heavy atom. The van der Waals surface area contributed by atoms with Crippen LogP contribution in [0.5, 0.6) is 0 Å². The van der Waals surface area contributed by atoms with Crippen LogP contribution in [0.1, 0.15) is 149 Å². The molecule has 0 fully saturated rings. The second kappa shape index (κ2) is 30.4. The Bertz CT molecular complexity index is 761. The predicted octanol–water partition coefficient (Wildman–Crippen LogP) is 7.72. The van der Waals surface area contributed by atoms with Crippen molar-refractivity contribution < 1.29 is 47.8 Å². The number of hydrogen-bond acceptors (Lipinski definition) is 9. The number of carbonyl (C=O) groups excluding carboxylic acids is 2. The molecule has 0 aliphatic rings. The van der Waals surface area contributed by atoms with Gasteiger partial charge in [0.15, 0.2) is 6.10 Å². The van der Waals surface area contributed by atoms with E-state index in [-0.39, 0.29) is 19.4 Å². The number of phosphoric acid groups is 1. The number of rotatable bonds is 32. The molecule has 0 aromatic rings. The predicted molar refractivity (Wildman–Crippen MR) is 173 cm³/mol. The highest BCUT2D eigenvalue weighted by atomic mass is 31.2. The third kappa shape index (κ3) is 29.4. The zero-order chi connectivity index (χ0) is 32.7. The molecule has 0 amide bonds. The van der Waals surface area contributed by atoms with Crippen LogP contribution in [0.3, 0.4) is 0 Å². The highest BCUT2D eigenvalue weighted by Crippen LogP contribution is 2.43. The Morgan fingerprint density at radius 2 is 1.14 bits per heavy atom. The molecule has 260 valence electrons. The van der Waals surface area contributed by atoms with Gasteiger partial charge in [0, 0.05) is 12.8 Å². The van der Waals surface area contributed by atoms with Crippen molar-refractivity contribution >= 4 is 19.8 Å². The van der Waals surface area contributed by atoms with Crippen LogP contribution in [0.15, 0.2) is 12.2 Å². The van der Waals surface area contributed by atoms with E-state index in [2.05, 4.69) is 30.5 Å². The number of aliphatic hydroxyl groups is 2. The van der Waals surface area contributed by atoms with Crippen LogP contribution in [-0.2, 0) is 32.7 Å². The van der Waals surface area contributed by atoms with Crippen molar-refractivity contribution in [3.05, 3.63) is 12.2 Å². The maximum Gasteiger partial charge on any atom is 0.472 e. The molecule has 3 atom stereocenters. The van der Waals surface area contributed by atoms with Gasteiger partial charge in [-0.05, 0) is 32.1 Å². The number of ether oxygens (including phenoxy) is 2. The van der Waals surface area contributed by atoms with Gasteiger partial charge in [0.2, 0.25) is 0 Å². The second-order valence-electron chi connectivity index (χ2n) is 11.5. The lowest BCUT2D eigenvalue weighted by molar-refractivity contribution is -0.161. The Balaban J connectivity index is 4.44. The van der Waals surface area contributed by atoms with Crippen LogP contribution in [0.2, 0.25) is 0 Å². The molecular weight excluding hydrogens is 587 g/mol. The van der Waals surface area contributed by atoms with Crippen LogP contribution in [0, 0.1) is 0 Å². The lowest BCUT2D eigenvalue weighted by Crippen LogP contribution is -2.29. The summed E-state index contributed by atoms with van der Waals surface area (Å²) in [5, 5.41) is 18.2. The van der Waals surface area contributed by atoms with E-state index in [1.807, 2.05) is 0 Å². The van der Waals surface area contributed by atoms with Gasteiger partial charge in [-0.15, -0.1) is 0 Å². The van der Waals surface area contributed by atoms with E-state index in [0.717, 1.165) is 57.8 Å². The number of esters is 2. The van der Waals surface area contributed by atoms with Crippen molar-refractivity contribution in [1.29, 1.82) is 0 Å². The van der Waals surface area contributed by atoms with Crippen LogP contribution in [-0.4, -0.2) is 65.7 Å². The minimum Gasteiger partial charge on any atom is -0.462 e. The molecule has 0 rings (SSSR count). The second-order valence-corrected chi connectivity index (χ2v) is 13.0. The van der Waals surface area contributed by atoms with Gasteiger partial charge in [-0.25, -0.2) is 4.57 Å². The quantitative estimate of drug-likeness (QED) is 0.0286. The van der Waals surface area contributed by atoms with Gasteiger partial charge in [-0.3, -0.25) is 18.6 Å². The van der Waals surface area contributed by atoms with Gasteiger partial charge < -0.3 is 24.6 Å². The number of aliphatic hydroxyl groups excluding tert-OH is 2. The molecule has 1 unspecified atom stereocenters. The molecule has 0 saturated heterocycles. The van der Waals surface area contributed by atoms with Crippen LogP contribution in [0.4, 0.5) is 0 Å². The number of carbonyl (C=O) groups is 2. The van der Waals surface area contributed by atoms with Gasteiger partial charge in [-0.1, -0.05) is 116 Å². The molecule has 0 heterocycles. The van der Waals surface area contributed by atoms with Crippen molar-refractivity contribution in [3.8, 4) is 0 Å². The van der Waals surface area contributed by atoms with Crippen molar-refractivity contribution in [1.82, 2.24) is 0 Å². The fraction of sp³-hybridized carbons (Fsp3) is 0.879. The van der Waals surface area contributed by atoms with Crippen LogP contribution >= 0.6 is 7.82 Å². The fourth-order valence-corrected chi connectivity index (χ4v) is 5.23. The summed E-state index contributed by atoms with van der Waals surface area (Å²) < 4.78 is 32.4. The number of phosphoric ester groups is 1. The van der Waals surface area contributed by atoms with Crippen molar-refractivity contribution in [3.63, 3.8) is 0 Å². The normalized spacial score (nSPS) is 14.4. The molecular formula is C33H63O10P. The maximum atomic E-state index is 12.5. The molecule has 0 aromatic heterocycles. The Labute approximate surface area is 266 Å². The zero-order valence-corrected chi connectivity index (χ0v) is 28.5. The van der Waals surface area contributed by atoms with E-state index in [0.29, 0.717) is 12.8 Å². The van der Waals surface area contributed by atoms with Gasteiger partial charge >= 0.3 is 19.8 Å². The van der Waals surface area contributed by atoms with Gasteiger partial charge in [0.05, 0.1) is 19.8 Å². The van der Waals surface area contributed by atoms with Crippen molar-refractivity contribution in [2.24, 2.45) is 0 Å². The summed E-state index contributed by atoms with van der Waals surface area (Å²) in [6.45, 7) is 2.29. The molecule has 0 aliphatic heterocycles. The molecule has 10 nitrogen and oxygen atoms in total. The standard InChI is InChI=1S/C33H63O10P/c1-3-5-7-9-11-13-15-17-18-20-22-24-32(36)40-28-31(29-42-44(38,39)41-27-30(35)26-34)43-33(37)25-23-21-19-16-14-12-10-8-6-4-2/h9,11,30-31,34-35H,3-8,10,12-29H2,1-2H3,(H,38,39)/b11-9-/t30-,31+/m0/s1. The number of unbranched alkanes of at least 4 members (excludes halogenated alkanes) is 16. The SMILES string of the molecule is CCCC/C=C\CCCCCCCC(=O)OC[C@H](COP(=O)(O)OC[C@@H](O)CO)OC(=O)CCCCCCCCCCCC. The molecule has 0 spiro atoms. The number of allylic oxidation sites excluding steroid dienone is 2. The molecule has 0 bridgehead atoms. The highest BCUT2D eigenvalue weighted by molar-refractivity contribution is 7.47. The van der Waals surface area contributed by atoms with Crippen LogP contribution in [0.25, 0.3) is 0 Å². The van der Waals surface area contributed by atoms with E-state index in [9.17, 15) is 24.2 Å². The largest absolute Gasteiger partial charge is 0.472 e. The Hall–Kier alpha value is -1.29. The van der Waals surface area contributed by atoms with Gasteiger partial charge in [-0.2, -0.15) is 0 Å². The summed E-state index contributed by atoms with van der Waals surface area (Å²) in [4.78, 5) is 34.6. The first-order chi connectivity index (χ1) is 21.2. The summed E-state index contributed by atoms with van der Waals surface area (Å²) in [5.74, 6) is -0.937. The van der Waals surface area contributed by atoms with Crippen molar-refractivity contribution in [2.45, 2.75) is 161 Å². The molecule has 44 heavy (non-hydrogen) atoms. The molecule has 0 aliphatic carbocycles. The summed E-state index contributed by atoms with van der Waals surface area (Å²) >= 11 is 0. The number of hydrogen-bond donors (Lipinski definition) is 3. The minimum atomic E-state index is -4.60. The monoisotopic (exact) mass is 650 g/mol. The first kappa shape index (κ1) is 42.7. The minimum absolute atomic E-state index is 0.186. The molecule has 3 N–H and O–H groups in total. The van der Waals surface area contributed by atoms with E-state index in [4.69, 9.17) is 19.1 Å². The van der Waals surface area contributed by atoms with Crippen molar-refractivity contribution in [2.75, 3.05) is 26.4 Å². The summed E-state index contributed by atoms with van der Waals surface area (Å²) in [5.41, 5.74) is 0. The highest BCUT2D eigenvalue weighted by Gasteiger charge is 2.27. The maximum absolute atomic E-state index is 12.5. The van der Waals surface area contributed by atoms with Gasteiger partial charge in [0.25, 0.3) is 0 Å². The topological polar surface area (TPSA) is 149 Å². The Morgan fingerprint density at radius 1 is 0.659 bits per heavy atom. The molecule has 11 heteroatoms. The molecule has 0 radical (unpaired) electrons. The Kier molecular flexibility index (Phi) is 29.5. The lowest BCUT2D eigenvalue weighted by Gasteiger charge is -2.20. The average Bonchev–Trinajstić information content (AvgIpc) is 3.00. The summed E-state index contributed by atoms with van der Waals surface area (Å²) in [7, 11) is -4.60. The van der Waals surface area contributed by atoms with Crippen LogP contribution < -0.4 is 0 Å². The van der Waals surface area contributed by atoms with E-state index in [1.165, 1.54) is 51.4 Å². The van der Waals surface area contributed by atoms with E-state index < -0.39 is 51.8 Å². The van der Waals surface area contributed by atoms with Gasteiger partial charge in [0.1, 0.15) is 12.7 Å². The first-order valence-electron chi connectivity index (χ1n) is 17.1. The van der Waals surface area contributed by atoms with E-state index >= 15 is 0 Å². The lowest BCUT2D eigenvalue weighted by atomic mass is 10.1. The third-order valence-corrected chi connectivity index (χ3v) is 8.12. The third-order valence-electron chi connectivity index (χ3n) is 7.17. The molecule has 0 aromatic carbocycles. The summed E-state index contributed by atoms with van der Waals surface area (Å²) in [6.07, 6.45) is 23.4. The zero-order valence-electron chi connectivity index (χ0n) is 27.6. The van der Waals surface area contributed by atoms with E-state index in [1.54, 1.807) is 0 Å². The molecule has 0 saturated carbocycles. The fourth-order valence-electron chi connectivity index (χ4n) is 4.44. The first-order valence-corrected chi connectivity index (χ1v) is 18.6. The average molecular weight is 651 g/mol. The smallest absolute Gasteiger partial charge is 0.462 e. The summed E-state index contributed by atoms with van der Waals surface area (Å²) in [6, 6.07) is 0.